The van der Waals surface area contributed by atoms with Crippen LogP contribution in [0.1, 0.15) is 19.0 Å². The van der Waals surface area contributed by atoms with E-state index in [0.29, 0.717) is 5.92 Å². The molecule has 3 unspecified atom stereocenters. The van der Waals surface area contributed by atoms with Crippen LogP contribution in [0, 0.1) is 5.92 Å². The minimum absolute atomic E-state index is 0.126. The number of rotatable bonds is 4. The van der Waals surface area contributed by atoms with Gasteiger partial charge in [0.05, 0.1) is 12.1 Å². The van der Waals surface area contributed by atoms with Crippen LogP contribution in [0.15, 0.2) is 22.8 Å². The predicted molar refractivity (Wildman–Crippen MR) is 70.3 cm³/mol. The highest BCUT2D eigenvalue weighted by Gasteiger charge is 2.31. The van der Waals surface area contributed by atoms with E-state index >= 15 is 0 Å². The highest BCUT2D eigenvalue weighted by Crippen LogP contribution is 2.24. The molecule has 1 aliphatic heterocycles. The molecule has 2 heterocycles. The van der Waals surface area contributed by atoms with Crippen molar-refractivity contribution >= 4 is 15.9 Å². The van der Waals surface area contributed by atoms with Crippen molar-refractivity contribution in [3.63, 3.8) is 0 Å². The number of halogens is 1. The highest BCUT2D eigenvalue weighted by atomic mass is 79.9. The van der Waals surface area contributed by atoms with Gasteiger partial charge in [0.15, 0.2) is 0 Å². The first-order valence-electron chi connectivity index (χ1n) is 5.89. The van der Waals surface area contributed by atoms with Gasteiger partial charge in [-0.3, -0.25) is 16.3 Å². The number of hydrogen-bond acceptors (Lipinski definition) is 4. The van der Waals surface area contributed by atoms with Gasteiger partial charge >= 0.3 is 0 Å². The number of hydrogen-bond donors (Lipinski definition) is 2. The average molecular weight is 300 g/mol. The number of nitrogens with two attached hydrogens (primary N) is 1. The van der Waals surface area contributed by atoms with Crippen LogP contribution in [0.5, 0.6) is 0 Å². The Morgan fingerprint density at radius 3 is 3.00 bits per heavy atom. The summed E-state index contributed by atoms with van der Waals surface area (Å²) in [6.45, 7) is 3.04. The first-order valence-corrected chi connectivity index (χ1v) is 6.68. The second-order valence-electron chi connectivity index (χ2n) is 4.55. The molecule has 1 fully saturated rings. The summed E-state index contributed by atoms with van der Waals surface area (Å²) in [5.74, 6) is 6.17. The fourth-order valence-corrected chi connectivity index (χ4v) is 2.49. The number of aromatic nitrogens is 1. The molecule has 0 aromatic carbocycles. The molecule has 1 aliphatic rings. The summed E-state index contributed by atoms with van der Waals surface area (Å²) in [6.07, 6.45) is 3.89. The van der Waals surface area contributed by atoms with Crippen molar-refractivity contribution < 1.29 is 4.74 Å². The fourth-order valence-electron chi connectivity index (χ4n) is 2.25. The van der Waals surface area contributed by atoms with Gasteiger partial charge in [-0.2, -0.15) is 0 Å². The van der Waals surface area contributed by atoms with Crippen LogP contribution in [0.2, 0.25) is 0 Å². The average Bonchev–Trinajstić information content (AvgIpc) is 2.75. The summed E-state index contributed by atoms with van der Waals surface area (Å²) in [5, 5.41) is 0. The van der Waals surface area contributed by atoms with Gasteiger partial charge in [0.2, 0.25) is 0 Å². The largest absolute Gasteiger partial charge is 0.376 e. The molecule has 1 aromatic rings. The van der Waals surface area contributed by atoms with Gasteiger partial charge < -0.3 is 4.74 Å². The summed E-state index contributed by atoms with van der Waals surface area (Å²) in [7, 11) is 0. The van der Waals surface area contributed by atoms with E-state index in [0.717, 1.165) is 29.6 Å². The second-order valence-corrected chi connectivity index (χ2v) is 5.46. The third-order valence-corrected chi connectivity index (χ3v) is 3.74. The molecule has 5 heteroatoms. The van der Waals surface area contributed by atoms with E-state index in [1.165, 1.54) is 0 Å². The molecule has 4 nitrogen and oxygen atoms in total. The molecule has 1 saturated heterocycles. The summed E-state index contributed by atoms with van der Waals surface area (Å²) < 4.78 is 6.72. The smallest absolute Gasteiger partial charge is 0.0771 e. The molecule has 0 radical (unpaired) electrons. The van der Waals surface area contributed by atoms with Crippen LogP contribution >= 0.6 is 15.9 Å². The van der Waals surface area contributed by atoms with Gasteiger partial charge in [0, 0.05) is 29.4 Å². The van der Waals surface area contributed by atoms with E-state index in [1.807, 2.05) is 18.3 Å². The maximum absolute atomic E-state index is 5.73. The van der Waals surface area contributed by atoms with Crippen LogP contribution in [-0.2, 0) is 11.2 Å². The third kappa shape index (κ3) is 3.25. The summed E-state index contributed by atoms with van der Waals surface area (Å²) >= 11 is 3.38. The Labute approximate surface area is 110 Å². The van der Waals surface area contributed by atoms with Gasteiger partial charge in [0.25, 0.3) is 0 Å². The second kappa shape index (κ2) is 5.91. The molecule has 1 aromatic heterocycles. The monoisotopic (exact) mass is 299 g/mol. The standard InChI is InChI=1S/C12H18BrN3O/c1-8-4-5-17-12(8)11(16-14)6-10-3-2-9(13)7-15-10/h2-3,7-8,11-12,16H,4-6,14H2,1H3. The Kier molecular flexibility index (Phi) is 4.50. The molecule has 0 spiro atoms. The highest BCUT2D eigenvalue weighted by molar-refractivity contribution is 9.10. The maximum Gasteiger partial charge on any atom is 0.0771 e. The van der Waals surface area contributed by atoms with Crippen molar-refractivity contribution in [2.24, 2.45) is 11.8 Å². The molecule has 0 saturated carbocycles. The lowest BCUT2D eigenvalue weighted by atomic mass is 9.95. The van der Waals surface area contributed by atoms with Gasteiger partial charge in [-0.1, -0.05) is 6.92 Å². The Bertz CT molecular complexity index is 357. The number of nitrogens with zero attached hydrogens (tertiary/aromatic N) is 1. The first-order chi connectivity index (χ1) is 8.20. The lowest BCUT2D eigenvalue weighted by molar-refractivity contribution is 0.0607. The minimum atomic E-state index is 0.126. The fraction of sp³-hybridized carbons (Fsp3) is 0.583. The SMILES string of the molecule is CC1CCOC1C(Cc1ccc(Br)cn1)NN. The molecular weight excluding hydrogens is 282 g/mol. The number of hydrazine groups is 1. The van der Waals surface area contributed by atoms with Crippen molar-refractivity contribution in [3.8, 4) is 0 Å². The van der Waals surface area contributed by atoms with E-state index in [1.54, 1.807) is 0 Å². The number of nitrogens with one attached hydrogen (secondary N) is 1. The van der Waals surface area contributed by atoms with Gasteiger partial charge in [-0.15, -0.1) is 0 Å². The number of pyridine rings is 1. The van der Waals surface area contributed by atoms with Crippen molar-refractivity contribution in [2.75, 3.05) is 6.61 Å². The van der Waals surface area contributed by atoms with E-state index < -0.39 is 0 Å². The third-order valence-electron chi connectivity index (χ3n) is 3.27. The molecule has 17 heavy (non-hydrogen) atoms. The molecule has 2 rings (SSSR count). The Balaban J connectivity index is 2.01. The summed E-state index contributed by atoms with van der Waals surface area (Å²) in [4.78, 5) is 4.36. The van der Waals surface area contributed by atoms with E-state index in [4.69, 9.17) is 10.6 Å². The lowest BCUT2D eigenvalue weighted by Crippen LogP contribution is -2.47. The Hall–Kier alpha value is -0.490. The molecule has 0 bridgehead atoms. The Morgan fingerprint density at radius 2 is 2.47 bits per heavy atom. The maximum atomic E-state index is 5.73. The molecule has 0 amide bonds. The summed E-state index contributed by atoms with van der Waals surface area (Å²) in [6, 6.07) is 4.13. The van der Waals surface area contributed by atoms with E-state index in [-0.39, 0.29) is 12.1 Å². The van der Waals surface area contributed by atoms with Crippen LogP contribution in [0.4, 0.5) is 0 Å². The van der Waals surface area contributed by atoms with Crippen molar-refractivity contribution in [1.29, 1.82) is 0 Å². The van der Waals surface area contributed by atoms with Crippen LogP contribution in [0.25, 0.3) is 0 Å². The number of ether oxygens (including phenoxy) is 1. The summed E-state index contributed by atoms with van der Waals surface area (Å²) in [5.41, 5.74) is 3.89. The zero-order valence-corrected chi connectivity index (χ0v) is 11.5. The lowest BCUT2D eigenvalue weighted by Gasteiger charge is -2.25. The Morgan fingerprint density at radius 1 is 1.65 bits per heavy atom. The van der Waals surface area contributed by atoms with Crippen molar-refractivity contribution in [2.45, 2.75) is 31.9 Å². The molecule has 0 aliphatic carbocycles. The van der Waals surface area contributed by atoms with Crippen molar-refractivity contribution in [1.82, 2.24) is 10.4 Å². The van der Waals surface area contributed by atoms with E-state index in [2.05, 4.69) is 33.3 Å². The van der Waals surface area contributed by atoms with Crippen molar-refractivity contribution in [3.05, 3.63) is 28.5 Å². The molecule has 94 valence electrons. The van der Waals surface area contributed by atoms with Gasteiger partial charge in [-0.05, 0) is 40.4 Å². The topological polar surface area (TPSA) is 60.2 Å². The van der Waals surface area contributed by atoms with Crippen LogP contribution < -0.4 is 11.3 Å². The van der Waals surface area contributed by atoms with Crippen LogP contribution in [0.3, 0.4) is 0 Å². The normalized spacial score (nSPS) is 26.1. The molecule has 3 N–H and O–H groups in total. The van der Waals surface area contributed by atoms with E-state index in [9.17, 15) is 0 Å². The zero-order chi connectivity index (χ0) is 12.3. The predicted octanol–water partition coefficient (Wildman–Crippen LogP) is 1.64. The van der Waals surface area contributed by atoms with Crippen LogP contribution in [-0.4, -0.2) is 23.7 Å². The first kappa shape index (κ1) is 13.0. The molecule has 3 atom stereocenters. The minimum Gasteiger partial charge on any atom is -0.376 e. The van der Waals surface area contributed by atoms with Gasteiger partial charge in [0.1, 0.15) is 0 Å². The zero-order valence-electron chi connectivity index (χ0n) is 9.90. The molecular formula is C12H18BrN3O. The van der Waals surface area contributed by atoms with Gasteiger partial charge in [-0.25, -0.2) is 0 Å². The quantitative estimate of drug-likeness (QED) is 0.655.